The van der Waals surface area contributed by atoms with Gasteiger partial charge in [0.2, 0.25) is 0 Å². The first kappa shape index (κ1) is 12.8. The summed E-state index contributed by atoms with van der Waals surface area (Å²) in [6.07, 6.45) is 2.49. The van der Waals surface area contributed by atoms with Crippen molar-refractivity contribution >= 4 is 33.3 Å². The smallest absolute Gasteiger partial charge is 0.290 e. The number of thiazole rings is 1. The molecule has 22 heavy (non-hydrogen) atoms. The number of hydrogen-bond acceptors (Lipinski definition) is 6. The van der Waals surface area contributed by atoms with Crippen LogP contribution in [0.3, 0.4) is 0 Å². The number of hydrogen-bond donors (Lipinski definition) is 1. The van der Waals surface area contributed by atoms with Crippen molar-refractivity contribution < 1.29 is 4.74 Å². The molecule has 3 saturated heterocycles. The number of ether oxygens (including phenoxy) is 1. The SMILES string of the molecule is c1nc2cc(NC3=NCC4(CN5CCC4CC5)O3)ccc2s1. The first-order chi connectivity index (χ1) is 10.8. The Morgan fingerprint density at radius 1 is 1.32 bits per heavy atom. The highest BCUT2D eigenvalue weighted by atomic mass is 32.1. The molecule has 1 spiro atoms. The number of rotatable bonds is 1. The highest BCUT2D eigenvalue weighted by molar-refractivity contribution is 7.16. The van der Waals surface area contributed by atoms with Gasteiger partial charge in [0, 0.05) is 18.2 Å². The second-order valence-electron chi connectivity index (χ2n) is 6.50. The predicted octanol–water partition coefficient (Wildman–Crippen LogP) is 2.56. The number of anilines is 1. The average molecular weight is 314 g/mol. The fourth-order valence-corrected chi connectivity index (χ4v) is 4.67. The lowest BCUT2D eigenvalue weighted by atomic mass is 9.75. The molecule has 5 heterocycles. The van der Waals surface area contributed by atoms with E-state index in [0.29, 0.717) is 11.9 Å². The molecular formula is C16H18N4OS. The zero-order chi connectivity index (χ0) is 14.6. The molecular weight excluding hydrogens is 296 g/mol. The lowest BCUT2D eigenvalue weighted by Crippen LogP contribution is -2.61. The van der Waals surface area contributed by atoms with Crippen LogP contribution >= 0.6 is 11.3 Å². The van der Waals surface area contributed by atoms with Crippen molar-refractivity contribution in [2.75, 3.05) is 31.5 Å². The van der Waals surface area contributed by atoms with Crippen molar-refractivity contribution in [3.05, 3.63) is 23.7 Å². The van der Waals surface area contributed by atoms with Crippen molar-refractivity contribution in [2.24, 2.45) is 10.9 Å². The number of aromatic nitrogens is 1. The molecule has 1 aromatic heterocycles. The van der Waals surface area contributed by atoms with Crippen molar-refractivity contribution in [3.8, 4) is 0 Å². The molecule has 4 aliphatic rings. The van der Waals surface area contributed by atoms with E-state index in [1.165, 1.54) is 30.6 Å². The summed E-state index contributed by atoms with van der Waals surface area (Å²) < 4.78 is 7.50. The number of fused-ring (bicyclic) bond motifs is 3. The second-order valence-corrected chi connectivity index (χ2v) is 7.38. The summed E-state index contributed by atoms with van der Waals surface area (Å²) in [6, 6.07) is 6.88. The molecule has 0 aliphatic carbocycles. The molecule has 6 rings (SSSR count). The molecule has 2 aromatic rings. The fraction of sp³-hybridized carbons (Fsp3) is 0.500. The molecule has 3 fully saturated rings. The Kier molecular flexibility index (Phi) is 2.72. The van der Waals surface area contributed by atoms with Crippen LogP contribution < -0.4 is 5.32 Å². The summed E-state index contributed by atoms with van der Waals surface area (Å²) >= 11 is 1.66. The van der Waals surface area contributed by atoms with E-state index < -0.39 is 0 Å². The van der Waals surface area contributed by atoms with E-state index in [0.717, 1.165) is 24.3 Å². The Bertz CT molecular complexity index is 749. The van der Waals surface area contributed by atoms with E-state index in [1.807, 2.05) is 5.51 Å². The van der Waals surface area contributed by atoms with Crippen molar-refractivity contribution in [2.45, 2.75) is 18.4 Å². The van der Waals surface area contributed by atoms with Gasteiger partial charge in [-0.05, 0) is 44.1 Å². The number of aliphatic imine (C=N–C) groups is 1. The van der Waals surface area contributed by atoms with Gasteiger partial charge < -0.3 is 10.1 Å². The summed E-state index contributed by atoms with van der Waals surface area (Å²) in [5.41, 5.74) is 3.81. The second kappa shape index (κ2) is 4.67. The maximum atomic E-state index is 6.30. The summed E-state index contributed by atoms with van der Waals surface area (Å²) in [4.78, 5) is 11.5. The van der Waals surface area contributed by atoms with Crippen LogP contribution in [0.1, 0.15) is 12.8 Å². The van der Waals surface area contributed by atoms with Crippen molar-refractivity contribution in [1.82, 2.24) is 9.88 Å². The summed E-state index contributed by atoms with van der Waals surface area (Å²) in [5.74, 6) is 0.654. The van der Waals surface area contributed by atoms with Crippen LogP contribution in [0.25, 0.3) is 10.2 Å². The number of nitrogens with one attached hydrogen (secondary N) is 1. The van der Waals surface area contributed by atoms with Gasteiger partial charge in [-0.3, -0.25) is 4.90 Å². The third-order valence-corrected chi connectivity index (χ3v) is 6.00. The third kappa shape index (κ3) is 1.94. The van der Waals surface area contributed by atoms with Crippen LogP contribution in [0, 0.1) is 5.92 Å². The molecule has 1 N–H and O–H groups in total. The van der Waals surface area contributed by atoms with Gasteiger partial charge >= 0.3 is 0 Å². The Labute approximate surface area is 133 Å². The number of benzene rings is 1. The van der Waals surface area contributed by atoms with Crippen LogP contribution in [0.4, 0.5) is 5.69 Å². The highest BCUT2D eigenvalue weighted by Crippen LogP contribution is 2.40. The Morgan fingerprint density at radius 3 is 3.05 bits per heavy atom. The minimum Gasteiger partial charge on any atom is -0.455 e. The predicted molar refractivity (Wildman–Crippen MR) is 88.5 cm³/mol. The van der Waals surface area contributed by atoms with E-state index in [-0.39, 0.29) is 5.60 Å². The molecule has 1 aromatic carbocycles. The van der Waals surface area contributed by atoms with E-state index in [9.17, 15) is 0 Å². The maximum Gasteiger partial charge on any atom is 0.290 e. The van der Waals surface area contributed by atoms with Crippen LogP contribution in [0.2, 0.25) is 0 Å². The molecule has 0 amide bonds. The van der Waals surface area contributed by atoms with Gasteiger partial charge in [-0.25, -0.2) is 9.98 Å². The molecule has 2 bridgehead atoms. The Morgan fingerprint density at radius 2 is 2.23 bits per heavy atom. The average Bonchev–Trinajstić information content (AvgIpc) is 3.16. The van der Waals surface area contributed by atoms with Gasteiger partial charge in [0.25, 0.3) is 6.02 Å². The Balaban J connectivity index is 1.35. The molecule has 0 radical (unpaired) electrons. The van der Waals surface area contributed by atoms with Crippen molar-refractivity contribution in [3.63, 3.8) is 0 Å². The standard InChI is InChI=1S/C16H18N4OS/c1-2-14-13(18-10-22-14)7-12(1)19-15-17-8-16(21-15)9-20-5-3-11(16)4-6-20/h1-2,7,10-11H,3-6,8-9H2,(H,17,19). The normalized spacial score (nSPS) is 33.2. The van der Waals surface area contributed by atoms with Crippen LogP contribution in [0.15, 0.2) is 28.7 Å². The van der Waals surface area contributed by atoms with Gasteiger partial charge in [0.15, 0.2) is 0 Å². The topological polar surface area (TPSA) is 49.8 Å². The van der Waals surface area contributed by atoms with E-state index >= 15 is 0 Å². The largest absolute Gasteiger partial charge is 0.455 e. The first-order valence-corrected chi connectivity index (χ1v) is 8.75. The van der Waals surface area contributed by atoms with Crippen LogP contribution in [-0.4, -0.2) is 47.7 Å². The molecule has 5 nitrogen and oxygen atoms in total. The lowest BCUT2D eigenvalue weighted by molar-refractivity contribution is -0.0829. The molecule has 1 unspecified atom stereocenters. The monoisotopic (exact) mass is 314 g/mol. The van der Waals surface area contributed by atoms with Gasteiger partial charge in [-0.2, -0.15) is 0 Å². The van der Waals surface area contributed by atoms with Crippen LogP contribution in [-0.2, 0) is 4.74 Å². The van der Waals surface area contributed by atoms with Crippen molar-refractivity contribution in [1.29, 1.82) is 0 Å². The molecule has 114 valence electrons. The summed E-state index contributed by atoms with van der Waals surface area (Å²) in [5, 5.41) is 3.33. The molecule has 6 heteroatoms. The van der Waals surface area contributed by atoms with E-state index in [1.54, 1.807) is 11.3 Å². The molecule has 4 aliphatic heterocycles. The third-order valence-electron chi connectivity index (χ3n) is 5.19. The zero-order valence-electron chi connectivity index (χ0n) is 12.3. The number of amidine groups is 1. The summed E-state index contributed by atoms with van der Waals surface area (Å²) in [6.45, 7) is 4.25. The quantitative estimate of drug-likeness (QED) is 0.879. The van der Waals surface area contributed by atoms with E-state index in [2.05, 4.69) is 38.4 Å². The number of piperidine rings is 3. The molecule has 1 atom stereocenters. The Hall–Kier alpha value is -1.66. The maximum absolute atomic E-state index is 6.30. The lowest BCUT2D eigenvalue weighted by Gasteiger charge is -2.50. The van der Waals surface area contributed by atoms with Gasteiger partial charge in [-0.1, -0.05) is 0 Å². The first-order valence-electron chi connectivity index (χ1n) is 7.87. The minimum absolute atomic E-state index is 0.0798. The fourth-order valence-electron chi connectivity index (χ4n) is 4.01. The van der Waals surface area contributed by atoms with Gasteiger partial charge in [0.1, 0.15) is 5.60 Å². The minimum atomic E-state index is -0.0798. The molecule has 0 saturated carbocycles. The van der Waals surface area contributed by atoms with Crippen LogP contribution in [0.5, 0.6) is 0 Å². The highest BCUT2D eigenvalue weighted by Gasteiger charge is 2.51. The van der Waals surface area contributed by atoms with E-state index in [4.69, 9.17) is 4.74 Å². The summed E-state index contributed by atoms with van der Waals surface area (Å²) in [7, 11) is 0. The van der Waals surface area contributed by atoms with Gasteiger partial charge in [-0.15, -0.1) is 11.3 Å². The van der Waals surface area contributed by atoms with Gasteiger partial charge in [0.05, 0.1) is 22.3 Å². The number of nitrogens with zero attached hydrogens (tertiary/aromatic N) is 3. The zero-order valence-corrected chi connectivity index (χ0v) is 13.1.